The van der Waals surface area contributed by atoms with Crippen molar-refractivity contribution in [3.8, 4) is 10.4 Å². The fourth-order valence-corrected chi connectivity index (χ4v) is 3.97. The first-order valence-corrected chi connectivity index (χ1v) is 9.09. The average Bonchev–Trinajstić information content (AvgIpc) is 3.23. The molecule has 0 unspecified atom stereocenters. The van der Waals surface area contributed by atoms with Crippen LogP contribution in [0.15, 0.2) is 59.4 Å². The minimum Gasteiger partial charge on any atom is -0.321 e. The third-order valence-corrected chi connectivity index (χ3v) is 5.62. The van der Waals surface area contributed by atoms with Crippen LogP contribution in [0.3, 0.4) is 0 Å². The monoisotopic (exact) mass is 381 g/mol. The van der Waals surface area contributed by atoms with Gasteiger partial charge in [-0.05, 0) is 36.4 Å². The highest BCUT2D eigenvalue weighted by molar-refractivity contribution is 7.17. The number of amides is 1. The maximum absolute atomic E-state index is 13.9. The highest BCUT2D eigenvalue weighted by Gasteiger charge is 2.14. The summed E-state index contributed by atoms with van der Waals surface area (Å²) < 4.78 is 17.0. The molecule has 0 saturated carbocycles. The Bertz CT molecular complexity index is 1240. The lowest BCUT2D eigenvalue weighted by molar-refractivity contribution is 0.103. The second-order valence-corrected chi connectivity index (χ2v) is 7.29. The van der Waals surface area contributed by atoms with Gasteiger partial charge in [-0.2, -0.15) is 0 Å². The molecule has 2 aromatic heterocycles. The van der Waals surface area contributed by atoms with Gasteiger partial charge >= 0.3 is 5.69 Å². The Morgan fingerprint density at radius 3 is 2.52 bits per heavy atom. The van der Waals surface area contributed by atoms with Crippen LogP contribution in [0.5, 0.6) is 0 Å². The zero-order valence-electron chi connectivity index (χ0n) is 14.7. The molecule has 0 bridgehead atoms. The Labute approximate surface area is 158 Å². The van der Waals surface area contributed by atoms with Crippen LogP contribution in [0.4, 0.5) is 10.1 Å². The highest BCUT2D eigenvalue weighted by atomic mass is 32.1. The summed E-state index contributed by atoms with van der Waals surface area (Å²) in [5, 5.41) is 2.84. The first-order chi connectivity index (χ1) is 13.0. The molecule has 4 aromatic rings. The van der Waals surface area contributed by atoms with E-state index in [1.165, 1.54) is 22.0 Å². The van der Waals surface area contributed by atoms with Crippen LogP contribution in [-0.4, -0.2) is 15.0 Å². The number of imidazole rings is 1. The normalized spacial score (nSPS) is 11.1. The molecule has 0 atom stereocenters. The number of nitrogens with zero attached hydrogens (tertiary/aromatic N) is 2. The van der Waals surface area contributed by atoms with E-state index in [1.807, 2.05) is 0 Å². The SMILES string of the molecule is Cn1c(=O)n(C)c2cc(NC(=O)c3ccc(-c4ccccc4F)s3)ccc21. The lowest BCUT2D eigenvalue weighted by Crippen LogP contribution is -2.19. The number of benzene rings is 2. The molecule has 4 rings (SSSR count). The van der Waals surface area contributed by atoms with Gasteiger partial charge in [-0.1, -0.05) is 18.2 Å². The number of aromatic nitrogens is 2. The molecule has 0 fully saturated rings. The predicted octanol–water partition coefficient (Wildman–Crippen LogP) is 4.00. The summed E-state index contributed by atoms with van der Waals surface area (Å²) in [6.07, 6.45) is 0. The number of aryl methyl sites for hydroxylation is 2. The first-order valence-electron chi connectivity index (χ1n) is 8.27. The maximum Gasteiger partial charge on any atom is 0.328 e. The zero-order chi connectivity index (χ0) is 19.1. The first kappa shape index (κ1) is 17.2. The number of anilines is 1. The van der Waals surface area contributed by atoms with E-state index in [0.717, 1.165) is 11.0 Å². The Kier molecular flexibility index (Phi) is 4.16. The smallest absolute Gasteiger partial charge is 0.321 e. The van der Waals surface area contributed by atoms with E-state index in [1.54, 1.807) is 67.2 Å². The predicted molar refractivity (Wildman–Crippen MR) is 106 cm³/mol. The summed E-state index contributed by atoms with van der Waals surface area (Å²) >= 11 is 1.23. The van der Waals surface area contributed by atoms with Crippen molar-refractivity contribution >= 4 is 34.0 Å². The van der Waals surface area contributed by atoms with Crippen molar-refractivity contribution in [1.82, 2.24) is 9.13 Å². The summed E-state index contributed by atoms with van der Waals surface area (Å²) in [6, 6.07) is 15.2. The highest BCUT2D eigenvalue weighted by Crippen LogP contribution is 2.30. The molecule has 7 heteroatoms. The molecular formula is C20H16FN3O2S. The molecule has 1 N–H and O–H groups in total. The molecule has 0 radical (unpaired) electrons. The summed E-state index contributed by atoms with van der Waals surface area (Å²) in [4.78, 5) is 25.8. The molecular weight excluding hydrogens is 365 g/mol. The lowest BCUT2D eigenvalue weighted by Gasteiger charge is -2.05. The average molecular weight is 381 g/mol. The minimum absolute atomic E-state index is 0.124. The van der Waals surface area contributed by atoms with Gasteiger partial charge in [0.15, 0.2) is 0 Å². The summed E-state index contributed by atoms with van der Waals surface area (Å²) in [6.45, 7) is 0. The van der Waals surface area contributed by atoms with Crippen LogP contribution >= 0.6 is 11.3 Å². The van der Waals surface area contributed by atoms with E-state index >= 15 is 0 Å². The van der Waals surface area contributed by atoms with Crippen molar-refractivity contribution in [1.29, 1.82) is 0 Å². The number of fused-ring (bicyclic) bond motifs is 1. The Balaban J connectivity index is 1.62. The second-order valence-electron chi connectivity index (χ2n) is 6.20. The molecule has 0 spiro atoms. The molecule has 0 aliphatic carbocycles. The number of nitrogens with one attached hydrogen (secondary N) is 1. The molecule has 0 aliphatic heterocycles. The van der Waals surface area contributed by atoms with E-state index in [-0.39, 0.29) is 17.4 Å². The van der Waals surface area contributed by atoms with Gasteiger partial charge in [-0.3, -0.25) is 13.9 Å². The topological polar surface area (TPSA) is 56.0 Å². The summed E-state index contributed by atoms with van der Waals surface area (Å²) in [5.74, 6) is -0.593. The Morgan fingerprint density at radius 2 is 1.74 bits per heavy atom. The van der Waals surface area contributed by atoms with Crippen LogP contribution in [-0.2, 0) is 14.1 Å². The number of carbonyl (C=O) groups excluding carboxylic acids is 1. The third kappa shape index (κ3) is 2.96. The van der Waals surface area contributed by atoms with Crippen molar-refractivity contribution in [3.05, 3.63) is 75.8 Å². The number of halogens is 1. The van der Waals surface area contributed by atoms with Gasteiger partial charge in [0.05, 0.1) is 15.9 Å². The number of thiophene rings is 1. The van der Waals surface area contributed by atoms with Crippen molar-refractivity contribution < 1.29 is 9.18 Å². The van der Waals surface area contributed by atoms with Crippen LogP contribution in [0.1, 0.15) is 9.67 Å². The third-order valence-electron chi connectivity index (χ3n) is 4.50. The quantitative estimate of drug-likeness (QED) is 0.583. The van der Waals surface area contributed by atoms with Crippen LogP contribution < -0.4 is 11.0 Å². The molecule has 0 aliphatic rings. The van der Waals surface area contributed by atoms with Crippen LogP contribution in [0.2, 0.25) is 0 Å². The van der Waals surface area contributed by atoms with Crippen LogP contribution in [0, 0.1) is 5.82 Å². The Morgan fingerprint density at radius 1 is 1.00 bits per heavy atom. The van der Waals surface area contributed by atoms with E-state index in [2.05, 4.69) is 5.32 Å². The fourth-order valence-electron chi connectivity index (χ4n) is 3.04. The summed E-state index contributed by atoms with van der Waals surface area (Å²) in [5.41, 5.74) is 2.47. The molecule has 2 heterocycles. The van der Waals surface area contributed by atoms with Gasteiger partial charge in [0.25, 0.3) is 5.91 Å². The van der Waals surface area contributed by atoms with Crippen molar-refractivity contribution in [3.63, 3.8) is 0 Å². The van der Waals surface area contributed by atoms with Crippen molar-refractivity contribution in [2.45, 2.75) is 0 Å². The van der Waals surface area contributed by atoms with Gasteiger partial charge in [0.2, 0.25) is 0 Å². The molecule has 27 heavy (non-hydrogen) atoms. The van der Waals surface area contributed by atoms with Gasteiger partial charge in [-0.25, -0.2) is 9.18 Å². The second kappa shape index (κ2) is 6.51. The number of hydrogen-bond donors (Lipinski definition) is 1. The van der Waals surface area contributed by atoms with E-state index in [4.69, 9.17) is 0 Å². The largest absolute Gasteiger partial charge is 0.328 e. The van der Waals surface area contributed by atoms with Gasteiger partial charge in [-0.15, -0.1) is 11.3 Å². The van der Waals surface area contributed by atoms with E-state index in [9.17, 15) is 14.0 Å². The van der Waals surface area contributed by atoms with Gasteiger partial charge < -0.3 is 5.32 Å². The van der Waals surface area contributed by atoms with Crippen molar-refractivity contribution in [2.75, 3.05) is 5.32 Å². The standard InChI is InChI=1S/C20H16FN3O2S/c1-23-15-8-7-12(11-16(15)24(2)20(23)26)22-19(25)18-10-9-17(27-18)13-5-3-4-6-14(13)21/h3-11H,1-2H3,(H,22,25). The number of carbonyl (C=O) groups is 1. The number of hydrogen-bond acceptors (Lipinski definition) is 3. The van der Waals surface area contributed by atoms with Crippen molar-refractivity contribution in [2.24, 2.45) is 14.1 Å². The molecule has 0 saturated heterocycles. The zero-order valence-corrected chi connectivity index (χ0v) is 15.5. The van der Waals surface area contributed by atoms with Crippen LogP contribution in [0.25, 0.3) is 21.5 Å². The molecule has 5 nitrogen and oxygen atoms in total. The van der Waals surface area contributed by atoms with Gasteiger partial charge in [0.1, 0.15) is 5.82 Å². The molecule has 2 aromatic carbocycles. The Hall–Kier alpha value is -3.19. The molecule has 136 valence electrons. The van der Waals surface area contributed by atoms with E-state index in [0.29, 0.717) is 21.0 Å². The summed E-state index contributed by atoms with van der Waals surface area (Å²) in [7, 11) is 3.40. The maximum atomic E-state index is 13.9. The van der Waals surface area contributed by atoms with E-state index < -0.39 is 0 Å². The fraction of sp³-hybridized carbons (Fsp3) is 0.100. The van der Waals surface area contributed by atoms with Gasteiger partial charge in [0, 0.05) is 30.2 Å². The minimum atomic E-state index is -0.318. The molecule has 1 amide bonds. The lowest BCUT2D eigenvalue weighted by atomic mass is 10.2. The number of rotatable bonds is 3.